The molecule has 0 spiro atoms. The zero-order valence-electron chi connectivity index (χ0n) is 21.3. The third-order valence-corrected chi connectivity index (χ3v) is 7.16. The number of thiol groups is 1. The molecule has 2 N–H and O–H groups in total. The van der Waals surface area contributed by atoms with E-state index in [0.29, 0.717) is 33.8 Å². The van der Waals surface area contributed by atoms with Crippen molar-refractivity contribution in [2.24, 2.45) is 0 Å². The molecule has 0 aliphatic carbocycles. The van der Waals surface area contributed by atoms with E-state index in [4.69, 9.17) is 0 Å². The normalized spacial score (nSPS) is 11.6. The molecule has 0 bridgehead atoms. The molecule has 3 aromatic carbocycles. The van der Waals surface area contributed by atoms with Crippen molar-refractivity contribution in [3.05, 3.63) is 94.9 Å². The zero-order valence-corrected chi connectivity index (χ0v) is 23.0. The lowest BCUT2D eigenvalue weighted by molar-refractivity contribution is -0.115. The van der Waals surface area contributed by atoms with Crippen LogP contribution in [-0.4, -0.2) is 35.9 Å². The quantitative estimate of drug-likeness (QED) is 0.189. The van der Waals surface area contributed by atoms with E-state index in [-0.39, 0.29) is 17.9 Å². The molecular formula is C29H26N4O4S2. The number of sulfonamides is 1. The minimum atomic E-state index is -3.36. The van der Waals surface area contributed by atoms with Crippen LogP contribution in [0.15, 0.2) is 83.8 Å². The number of aromatic nitrogens is 2. The van der Waals surface area contributed by atoms with Crippen LogP contribution in [0.5, 0.6) is 0 Å². The summed E-state index contributed by atoms with van der Waals surface area (Å²) in [7, 11) is -3.36. The van der Waals surface area contributed by atoms with E-state index in [0.717, 1.165) is 33.7 Å². The smallest absolute Gasteiger partial charge is 0.255 e. The first-order chi connectivity index (χ1) is 18.6. The van der Waals surface area contributed by atoms with Crippen molar-refractivity contribution < 1.29 is 13.2 Å². The van der Waals surface area contributed by atoms with Gasteiger partial charge in [0, 0.05) is 40.8 Å². The Kier molecular flexibility index (Phi) is 7.16. The van der Waals surface area contributed by atoms with Crippen LogP contribution in [0.1, 0.15) is 12.0 Å². The number of benzene rings is 3. The van der Waals surface area contributed by atoms with Gasteiger partial charge in [0.2, 0.25) is 15.9 Å². The fraction of sp³-hybridized carbons (Fsp3) is 0.138. The predicted octanol–water partition coefficient (Wildman–Crippen LogP) is 5.14. The maximum Gasteiger partial charge on any atom is 0.255 e. The summed E-state index contributed by atoms with van der Waals surface area (Å²) in [5.74, 6) is 0.300. The van der Waals surface area contributed by atoms with Gasteiger partial charge >= 0.3 is 0 Å². The number of carbonyl (C=O) groups excluding carboxylic acids is 1. The van der Waals surface area contributed by atoms with Gasteiger partial charge in [-0.25, -0.2) is 8.42 Å². The Balaban J connectivity index is 1.62. The molecule has 0 unspecified atom stereocenters. The van der Waals surface area contributed by atoms with E-state index in [1.54, 1.807) is 35.0 Å². The molecule has 0 aliphatic rings. The highest BCUT2D eigenvalue weighted by molar-refractivity contribution is 7.92. The lowest BCUT2D eigenvalue weighted by Crippen LogP contribution is -2.19. The third kappa shape index (κ3) is 5.67. The molecule has 198 valence electrons. The molecular weight excluding hydrogens is 532 g/mol. The van der Waals surface area contributed by atoms with E-state index in [9.17, 15) is 18.0 Å². The molecule has 2 heterocycles. The number of anilines is 2. The highest BCUT2D eigenvalue weighted by atomic mass is 32.2. The van der Waals surface area contributed by atoms with E-state index >= 15 is 0 Å². The lowest BCUT2D eigenvalue weighted by Gasteiger charge is -2.15. The largest absolute Gasteiger partial charge is 0.326 e. The summed E-state index contributed by atoms with van der Waals surface area (Å²) in [5, 5.41) is 4.51. The number of fused-ring (bicyclic) bond motifs is 3. The van der Waals surface area contributed by atoms with E-state index in [1.165, 1.54) is 6.07 Å². The molecule has 0 atom stereocenters. The van der Waals surface area contributed by atoms with Crippen LogP contribution in [0.4, 0.5) is 11.4 Å². The van der Waals surface area contributed by atoms with Crippen LogP contribution in [0.3, 0.4) is 0 Å². The molecule has 2 aromatic heterocycles. The summed E-state index contributed by atoms with van der Waals surface area (Å²) in [6.07, 6.45) is 3.13. The monoisotopic (exact) mass is 558 g/mol. The second-order valence-electron chi connectivity index (χ2n) is 9.27. The van der Waals surface area contributed by atoms with Gasteiger partial charge in [-0.2, -0.15) is 12.6 Å². The van der Waals surface area contributed by atoms with Gasteiger partial charge in [0.05, 0.1) is 23.0 Å². The molecule has 0 radical (unpaired) electrons. The van der Waals surface area contributed by atoms with Crippen molar-refractivity contribution in [3.63, 3.8) is 0 Å². The number of aryl methyl sites for hydroxylation is 1. The molecule has 39 heavy (non-hydrogen) atoms. The zero-order chi connectivity index (χ0) is 27.7. The van der Waals surface area contributed by atoms with Crippen molar-refractivity contribution >= 4 is 61.7 Å². The topological polar surface area (TPSA) is 110 Å². The first-order valence-electron chi connectivity index (χ1n) is 12.2. The maximum absolute atomic E-state index is 13.2. The number of nitrogens with one attached hydrogen (secondary N) is 2. The maximum atomic E-state index is 13.2. The van der Waals surface area contributed by atoms with Gasteiger partial charge in [-0.3, -0.25) is 23.9 Å². The average molecular weight is 559 g/mol. The van der Waals surface area contributed by atoms with Crippen molar-refractivity contribution in [2.45, 2.75) is 13.3 Å². The molecule has 10 heteroatoms. The standard InChI is InChI=1S/C29H26N4O4S2/c1-18-3-10-23(16-25(18)31-27(34)13-14-38)33-28(35)12-7-21-17-30-26-15-20(6-11-24(26)29(21)33)19-4-8-22(9-5-19)32-39(2,36)37/h3-12,15-17,32,38H,13-14H2,1-2H3,(H,31,34). The highest BCUT2D eigenvalue weighted by Gasteiger charge is 2.13. The van der Waals surface area contributed by atoms with Crippen molar-refractivity contribution in [3.8, 4) is 16.8 Å². The summed E-state index contributed by atoms with van der Waals surface area (Å²) < 4.78 is 27.1. The average Bonchev–Trinajstić information content (AvgIpc) is 2.89. The minimum Gasteiger partial charge on any atom is -0.326 e. The summed E-state index contributed by atoms with van der Waals surface area (Å²) in [5.41, 5.74) is 5.63. The van der Waals surface area contributed by atoms with E-state index < -0.39 is 10.0 Å². The SMILES string of the molecule is Cc1ccc(-n2c(=O)ccc3cnc4cc(-c5ccc(NS(C)(=O)=O)cc5)ccc4c32)cc1NC(=O)CCS. The second-order valence-corrected chi connectivity index (χ2v) is 11.5. The molecule has 5 aromatic rings. The van der Waals surface area contributed by atoms with Crippen LogP contribution >= 0.6 is 12.6 Å². The van der Waals surface area contributed by atoms with E-state index in [2.05, 4.69) is 27.7 Å². The Morgan fingerprint density at radius 3 is 2.44 bits per heavy atom. The number of carbonyl (C=O) groups is 1. The Labute approximate surface area is 231 Å². The molecule has 1 amide bonds. The van der Waals surface area contributed by atoms with Crippen molar-refractivity contribution in [1.82, 2.24) is 9.55 Å². The first-order valence-corrected chi connectivity index (χ1v) is 14.7. The summed E-state index contributed by atoms with van der Waals surface area (Å²) in [4.78, 5) is 30.1. The first kappa shape index (κ1) is 26.5. The number of hydrogen-bond acceptors (Lipinski definition) is 6. The van der Waals surface area contributed by atoms with Gasteiger partial charge in [-0.15, -0.1) is 0 Å². The van der Waals surface area contributed by atoms with Gasteiger partial charge in [-0.05, 0) is 65.8 Å². The summed E-state index contributed by atoms with van der Waals surface area (Å²) in [6, 6.07) is 21.7. The molecule has 8 nitrogen and oxygen atoms in total. The summed E-state index contributed by atoms with van der Waals surface area (Å²) in [6.45, 7) is 1.90. The fourth-order valence-corrected chi connectivity index (χ4v) is 5.26. The van der Waals surface area contributed by atoms with Gasteiger partial charge in [0.1, 0.15) is 0 Å². The van der Waals surface area contributed by atoms with Crippen molar-refractivity contribution in [2.75, 3.05) is 22.0 Å². The number of rotatable bonds is 7. The Morgan fingerprint density at radius 1 is 0.974 bits per heavy atom. The number of amides is 1. The number of pyridine rings is 2. The van der Waals surface area contributed by atoms with Crippen molar-refractivity contribution in [1.29, 1.82) is 0 Å². The molecule has 5 rings (SSSR count). The number of nitrogens with zero attached hydrogens (tertiary/aromatic N) is 2. The van der Waals surface area contributed by atoms with Gasteiger partial charge in [0.15, 0.2) is 0 Å². The number of hydrogen-bond donors (Lipinski definition) is 3. The van der Waals surface area contributed by atoms with Gasteiger partial charge < -0.3 is 5.32 Å². The van der Waals surface area contributed by atoms with Crippen LogP contribution in [-0.2, 0) is 14.8 Å². The Hall–Kier alpha value is -4.15. The lowest BCUT2D eigenvalue weighted by atomic mass is 10.0. The predicted molar refractivity (Wildman–Crippen MR) is 161 cm³/mol. The Morgan fingerprint density at radius 2 is 1.72 bits per heavy atom. The van der Waals surface area contributed by atoms with Crippen LogP contribution in [0, 0.1) is 6.92 Å². The fourth-order valence-electron chi connectivity index (χ4n) is 4.49. The van der Waals surface area contributed by atoms with Crippen LogP contribution < -0.4 is 15.6 Å². The van der Waals surface area contributed by atoms with Gasteiger partial charge in [-0.1, -0.05) is 30.3 Å². The third-order valence-electron chi connectivity index (χ3n) is 6.33. The van der Waals surface area contributed by atoms with Crippen LogP contribution in [0.2, 0.25) is 0 Å². The summed E-state index contributed by atoms with van der Waals surface area (Å²) >= 11 is 4.13. The van der Waals surface area contributed by atoms with Crippen LogP contribution in [0.25, 0.3) is 38.6 Å². The molecule has 0 saturated carbocycles. The minimum absolute atomic E-state index is 0.141. The second kappa shape index (κ2) is 10.5. The highest BCUT2D eigenvalue weighted by Crippen LogP contribution is 2.30. The molecule has 0 fully saturated rings. The Bertz CT molecular complexity index is 1900. The van der Waals surface area contributed by atoms with E-state index in [1.807, 2.05) is 49.4 Å². The molecule has 0 aliphatic heterocycles. The molecule has 0 saturated heterocycles. The van der Waals surface area contributed by atoms with Gasteiger partial charge in [0.25, 0.3) is 5.56 Å².